The van der Waals surface area contributed by atoms with E-state index in [1.807, 2.05) is 18.2 Å². The SMILES string of the molecule is COc1cccc(CNC[C@H]2CC[C@@H](Nc3cc(N(C)C)c4ccccc4n3)CC2)c1O. The summed E-state index contributed by atoms with van der Waals surface area (Å²) in [5.41, 5.74) is 3.09. The van der Waals surface area contributed by atoms with Crippen LogP contribution in [0.2, 0.25) is 0 Å². The molecule has 170 valence electrons. The third kappa shape index (κ3) is 5.07. The van der Waals surface area contributed by atoms with Gasteiger partial charge in [0.15, 0.2) is 11.5 Å². The fourth-order valence-electron chi connectivity index (χ4n) is 4.61. The number of pyridine rings is 1. The minimum Gasteiger partial charge on any atom is -0.504 e. The Morgan fingerprint density at radius 2 is 1.84 bits per heavy atom. The normalized spacial score (nSPS) is 18.5. The summed E-state index contributed by atoms with van der Waals surface area (Å²) in [5.74, 6) is 2.37. The number of hydrogen-bond acceptors (Lipinski definition) is 6. The first-order valence-corrected chi connectivity index (χ1v) is 11.4. The predicted molar refractivity (Wildman–Crippen MR) is 132 cm³/mol. The van der Waals surface area contributed by atoms with Gasteiger partial charge in [0.2, 0.25) is 0 Å². The van der Waals surface area contributed by atoms with Crippen LogP contribution in [0.25, 0.3) is 10.9 Å². The fraction of sp³-hybridized carbons (Fsp3) is 0.423. The number of ether oxygens (including phenoxy) is 1. The van der Waals surface area contributed by atoms with Gasteiger partial charge in [-0.05, 0) is 50.3 Å². The summed E-state index contributed by atoms with van der Waals surface area (Å²) < 4.78 is 5.19. The van der Waals surface area contributed by atoms with Gasteiger partial charge in [0.1, 0.15) is 5.82 Å². The molecule has 0 spiro atoms. The Labute approximate surface area is 190 Å². The molecule has 3 aromatic rings. The van der Waals surface area contributed by atoms with Crippen LogP contribution in [0.3, 0.4) is 0 Å². The lowest BCUT2D eigenvalue weighted by molar-refractivity contribution is 0.322. The third-order valence-electron chi connectivity index (χ3n) is 6.43. The van der Waals surface area contributed by atoms with Gasteiger partial charge in [0.25, 0.3) is 0 Å². The summed E-state index contributed by atoms with van der Waals surface area (Å²) >= 11 is 0. The van der Waals surface area contributed by atoms with Crippen LogP contribution in [0.4, 0.5) is 11.5 Å². The molecule has 0 amide bonds. The number of para-hydroxylation sites is 2. The molecule has 6 heteroatoms. The highest BCUT2D eigenvalue weighted by molar-refractivity contribution is 5.93. The summed E-state index contributed by atoms with van der Waals surface area (Å²) in [7, 11) is 5.73. The molecule has 0 unspecified atom stereocenters. The highest BCUT2D eigenvalue weighted by atomic mass is 16.5. The topological polar surface area (TPSA) is 69.7 Å². The first-order chi connectivity index (χ1) is 15.5. The van der Waals surface area contributed by atoms with Gasteiger partial charge in [-0.2, -0.15) is 0 Å². The zero-order valence-electron chi connectivity index (χ0n) is 19.3. The number of nitrogens with zero attached hydrogens (tertiary/aromatic N) is 2. The lowest BCUT2D eigenvalue weighted by Gasteiger charge is -2.30. The van der Waals surface area contributed by atoms with E-state index in [0.29, 0.717) is 24.3 Å². The van der Waals surface area contributed by atoms with Crippen LogP contribution < -0.4 is 20.3 Å². The number of nitrogens with one attached hydrogen (secondary N) is 2. The van der Waals surface area contributed by atoms with E-state index >= 15 is 0 Å². The summed E-state index contributed by atoms with van der Waals surface area (Å²) in [6.07, 6.45) is 4.65. The second kappa shape index (κ2) is 10.1. The van der Waals surface area contributed by atoms with E-state index in [0.717, 1.165) is 36.3 Å². The second-order valence-corrected chi connectivity index (χ2v) is 8.90. The van der Waals surface area contributed by atoms with Crippen LogP contribution in [0.5, 0.6) is 11.5 Å². The molecule has 1 saturated carbocycles. The molecule has 32 heavy (non-hydrogen) atoms. The molecule has 1 aliphatic rings. The number of anilines is 2. The van der Waals surface area contributed by atoms with E-state index in [4.69, 9.17) is 9.72 Å². The van der Waals surface area contributed by atoms with E-state index in [1.165, 1.54) is 23.9 Å². The Kier molecular flexibility index (Phi) is 7.00. The lowest BCUT2D eigenvalue weighted by atomic mass is 9.86. The molecule has 0 atom stereocenters. The Morgan fingerprint density at radius 3 is 2.59 bits per heavy atom. The van der Waals surface area contributed by atoms with Crippen molar-refractivity contribution in [2.45, 2.75) is 38.3 Å². The Bertz CT molecular complexity index is 1050. The number of phenols is 1. The summed E-state index contributed by atoms with van der Waals surface area (Å²) in [5, 5.41) is 18.6. The number of hydrogen-bond donors (Lipinski definition) is 3. The van der Waals surface area contributed by atoms with Crippen molar-refractivity contribution in [3.05, 3.63) is 54.1 Å². The molecule has 1 heterocycles. The average Bonchev–Trinajstić information content (AvgIpc) is 2.80. The van der Waals surface area contributed by atoms with E-state index < -0.39 is 0 Å². The second-order valence-electron chi connectivity index (χ2n) is 8.90. The zero-order chi connectivity index (χ0) is 22.5. The van der Waals surface area contributed by atoms with E-state index in [1.54, 1.807) is 13.2 Å². The summed E-state index contributed by atoms with van der Waals surface area (Å²) in [6, 6.07) is 16.6. The Balaban J connectivity index is 1.29. The van der Waals surface area contributed by atoms with Crippen molar-refractivity contribution in [1.29, 1.82) is 0 Å². The fourth-order valence-corrected chi connectivity index (χ4v) is 4.61. The molecule has 1 aliphatic carbocycles. The molecule has 1 fully saturated rings. The van der Waals surface area contributed by atoms with Gasteiger partial charge in [-0.25, -0.2) is 4.98 Å². The number of fused-ring (bicyclic) bond motifs is 1. The molecular formula is C26H34N4O2. The Morgan fingerprint density at radius 1 is 1.06 bits per heavy atom. The van der Waals surface area contributed by atoms with E-state index in [-0.39, 0.29) is 5.75 Å². The van der Waals surface area contributed by atoms with Crippen molar-refractivity contribution >= 4 is 22.4 Å². The number of methoxy groups -OCH3 is 1. The highest BCUT2D eigenvalue weighted by Gasteiger charge is 2.22. The van der Waals surface area contributed by atoms with Crippen molar-refractivity contribution in [1.82, 2.24) is 10.3 Å². The zero-order valence-corrected chi connectivity index (χ0v) is 19.3. The number of benzene rings is 2. The smallest absolute Gasteiger partial charge is 0.162 e. The van der Waals surface area contributed by atoms with Gasteiger partial charge in [-0.1, -0.05) is 30.3 Å². The first kappa shape index (κ1) is 22.2. The van der Waals surface area contributed by atoms with Crippen LogP contribution >= 0.6 is 0 Å². The molecule has 0 saturated heterocycles. The minimum atomic E-state index is 0.232. The maximum atomic E-state index is 10.2. The van der Waals surface area contributed by atoms with Gasteiger partial charge < -0.3 is 25.4 Å². The van der Waals surface area contributed by atoms with Crippen LogP contribution in [0.15, 0.2) is 48.5 Å². The lowest BCUT2D eigenvalue weighted by Crippen LogP contribution is -2.31. The molecule has 6 nitrogen and oxygen atoms in total. The Hall–Kier alpha value is -2.99. The van der Waals surface area contributed by atoms with Crippen molar-refractivity contribution < 1.29 is 9.84 Å². The van der Waals surface area contributed by atoms with Gasteiger partial charge in [0.05, 0.1) is 12.6 Å². The molecule has 3 N–H and O–H groups in total. The van der Waals surface area contributed by atoms with Crippen molar-refractivity contribution in [3.8, 4) is 11.5 Å². The van der Waals surface area contributed by atoms with Crippen LogP contribution in [0.1, 0.15) is 31.2 Å². The summed E-state index contributed by atoms with van der Waals surface area (Å²) in [4.78, 5) is 7.00. The van der Waals surface area contributed by atoms with Crippen molar-refractivity contribution in [2.75, 3.05) is 38.0 Å². The highest BCUT2D eigenvalue weighted by Crippen LogP contribution is 2.31. The molecule has 1 aromatic heterocycles. The number of aromatic nitrogens is 1. The minimum absolute atomic E-state index is 0.232. The maximum absolute atomic E-state index is 10.2. The van der Waals surface area contributed by atoms with Crippen molar-refractivity contribution in [2.24, 2.45) is 5.92 Å². The quantitative estimate of drug-likeness (QED) is 0.474. The molecule has 0 radical (unpaired) electrons. The largest absolute Gasteiger partial charge is 0.504 e. The number of phenolic OH excluding ortho intramolecular Hbond substituents is 1. The average molecular weight is 435 g/mol. The molecule has 0 bridgehead atoms. The molecule has 2 aromatic carbocycles. The number of aromatic hydroxyl groups is 1. The van der Waals surface area contributed by atoms with Crippen LogP contribution in [-0.2, 0) is 6.54 Å². The van der Waals surface area contributed by atoms with Crippen LogP contribution in [-0.4, -0.2) is 43.9 Å². The van der Waals surface area contributed by atoms with Gasteiger partial charge in [-0.15, -0.1) is 0 Å². The first-order valence-electron chi connectivity index (χ1n) is 11.4. The van der Waals surface area contributed by atoms with Gasteiger partial charge in [0, 0.05) is 49.4 Å². The van der Waals surface area contributed by atoms with Gasteiger partial charge in [-0.3, -0.25) is 0 Å². The third-order valence-corrected chi connectivity index (χ3v) is 6.43. The maximum Gasteiger partial charge on any atom is 0.162 e. The predicted octanol–water partition coefficient (Wildman–Crippen LogP) is 4.78. The molecule has 4 rings (SSSR count). The number of rotatable bonds is 8. The molecular weight excluding hydrogens is 400 g/mol. The van der Waals surface area contributed by atoms with Crippen LogP contribution in [0, 0.1) is 5.92 Å². The standard InChI is InChI=1S/C26H34N4O2/c1-30(2)23-15-25(29-22-9-5-4-8-21(22)23)28-20-13-11-18(12-14-20)16-27-17-19-7-6-10-24(32-3)26(19)31/h4-10,15,18,20,27,31H,11-14,16-17H2,1-3H3,(H,28,29)/t18-,20+. The van der Waals surface area contributed by atoms with Gasteiger partial charge >= 0.3 is 0 Å². The van der Waals surface area contributed by atoms with E-state index in [2.05, 4.69) is 53.9 Å². The summed E-state index contributed by atoms with van der Waals surface area (Å²) in [6.45, 7) is 1.61. The van der Waals surface area contributed by atoms with E-state index in [9.17, 15) is 5.11 Å². The van der Waals surface area contributed by atoms with Crippen molar-refractivity contribution in [3.63, 3.8) is 0 Å². The monoisotopic (exact) mass is 434 g/mol. The molecule has 0 aliphatic heterocycles.